The summed E-state index contributed by atoms with van der Waals surface area (Å²) in [5, 5.41) is 0.476. The van der Waals surface area contributed by atoms with Crippen LogP contribution in [0.2, 0.25) is 5.02 Å². The van der Waals surface area contributed by atoms with Crippen molar-refractivity contribution < 1.29 is 26.4 Å². The zero-order valence-electron chi connectivity index (χ0n) is 33.6. The Morgan fingerprint density at radius 1 is 0.565 bits per heavy atom. The number of carbonyl (C=O) groups excluding carboxylic acids is 2. The number of para-hydroxylation sites is 1. The first-order chi connectivity index (χ1) is 29.9. The number of sulfonamides is 2. The van der Waals surface area contributed by atoms with E-state index in [2.05, 4.69) is 24.2 Å². The summed E-state index contributed by atoms with van der Waals surface area (Å²) >= 11 is 6.01. The Morgan fingerprint density at radius 2 is 1.16 bits per heavy atom. The van der Waals surface area contributed by atoms with E-state index in [1.165, 1.54) is 24.3 Å². The predicted molar refractivity (Wildman–Crippen MR) is 242 cm³/mol. The Hall–Kier alpha value is -6.42. The fourth-order valence-corrected chi connectivity index (χ4v) is 9.88. The van der Waals surface area contributed by atoms with Gasteiger partial charge in [0.15, 0.2) is 0 Å². The summed E-state index contributed by atoms with van der Waals surface area (Å²) in [5.41, 5.74) is 3.99. The summed E-state index contributed by atoms with van der Waals surface area (Å²) in [7, 11) is -7.94. The summed E-state index contributed by atoms with van der Waals surface area (Å²) in [5.74, 6) is 0.358. The Balaban J connectivity index is 0.942. The Bertz CT molecular complexity index is 2770. The minimum atomic E-state index is -4.05. The number of aromatic nitrogens is 1. The Morgan fingerprint density at radius 3 is 1.81 bits per heavy atom. The third-order valence-corrected chi connectivity index (χ3v) is 13.9. The summed E-state index contributed by atoms with van der Waals surface area (Å²) in [4.78, 5) is 40.0. The van der Waals surface area contributed by atoms with Crippen LogP contribution < -0.4 is 19.2 Å². The summed E-state index contributed by atoms with van der Waals surface area (Å²) in [6.07, 6.45) is 2.13. The molecule has 0 spiro atoms. The van der Waals surface area contributed by atoms with Crippen LogP contribution >= 0.6 is 11.6 Å². The highest BCUT2D eigenvalue weighted by molar-refractivity contribution is 7.93. The lowest BCUT2D eigenvalue weighted by Gasteiger charge is -2.36. The quantitative estimate of drug-likeness (QED) is 0.134. The van der Waals surface area contributed by atoms with Crippen LogP contribution in [0.25, 0.3) is 0 Å². The van der Waals surface area contributed by atoms with Crippen LogP contribution in [0.4, 0.5) is 22.9 Å². The zero-order valence-corrected chi connectivity index (χ0v) is 36.0. The SMILES string of the molecule is O=C(c1cccc(S(=O)(=O)Nc2ccccc2)c1)N1CCN(c2ccc(Cc3ccc(S(=O)(=O)Nc4ccc(Cl)cc4)cc3C(=O)N3CCN(c4ccccn4)CC3)cc2)CC1. The fraction of sp³-hybridized carbons (Fsp3) is 0.196. The van der Waals surface area contributed by atoms with E-state index in [-0.39, 0.29) is 21.6 Å². The predicted octanol–water partition coefficient (Wildman–Crippen LogP) is 6.85. The third-order valence-electron chi connectivity index (χ3n) is 10.9. The van der Waals surface area contributed by atoms with E-state index in [0.717, 1.165) is 17.1 Å². The molecule has 5 aromatic carbocycles. The van der Waals surface area contributed by atoms with Crippen molar-refractivity contribution in [1.29, 1.82) is 0 Å². The monoisotopic (exact) mass is 889 g/mol. The molecular weight excluding hydrogens is 846 g/mol. The number of anilines is 4. The number of pyridine rings is 1. The minimum Gasteiger partial charge on any atom is -0.368 e. The third kappa shape index (κ3) is 9.86. The molecule has 0 radical (unpaired) electrons. The van der Waals surface area contributed by atoms with Crippen molar-refractivity contribution in [1.82, 2.24) is 14.8 Å². The molecule has 2 aliphatic rings. The number of carbonyl (C=O) groups is 2. The van der Waals surface area contributed by atoms with Gasteiger partial charge in [-0.05, 0) is 109 Å². The van der Waals surface area contributed by atoms with Gasteiger partial charge in [0.05, 0.1) is 9.79 Å². The van der Waals surface area contributed by atoms with Gasteiger partial charge in [-0.2, -0.15) is 0 Å². The maximum atomic E-state index is 14.3. The van der Waals surface area contributed by atoms with Gasteiger partial charge >= 0.3 is 0 Å². The lowest BCUT2D eigenvalue weighted by atomic mass is 9.98. The molecular formula is C46H44ClN7O6S2. The van der Waals surface area contributed by atoms with Crippen molar-refractivity contribution in [3.05, 3.63) is 173 Å². The fourth-order valence-electron chi connectivity index (χ4n) is 7.57. The summed E-state index contributed by atoms with van der Waals surface area (Å²) in [6.45, 7) is 4.11. The largest absolute Gasteiger partial charge is 0.368 e. The maximum absolute atomic E-state index is 14.3. The molecule has 0 bridgehead atoms. The molecule has 6 aromatic rings. The number of hydrogen-bond donors (Lipinski definition) is 2. The number of nitrogens with zero attached hydrogens (tertiary/aromatic N) is 5. The average Bonchev–Trinajstić information content (AvgIpc) is 3.30. The van der Waals surface area contributed by atoms with Crippen LogP contribution in [0, 0.1) is 0 Å². The van der Waals surface area contributed by atoms with Crippen LogP contribution in [0.5, 0.6) is 0 Å². The first kappa shape index (κ1) is 42.3. The van der Waals surface area contributed by atoms with E-state index in [1.54, 1.807) is 88.8 Å². The molecule has 318 valence electrons. The summed E-state index contributed by atoms with van der Waals surface area (Å²) < 4.78 is 58.5. The number of hydrogen-bond acceptors (Lipinski definition) is 9. The molecule has 0 aliphatic carbocycles. The van der Waals surface area contributed by atoms with Gasteiger partial charge in [0.2, 0.25) is 0 Å². The van der Waals surface area contributed by atoms with Crippen molar-refractivity contribution in [3.63, 3.8) is 0 Å². The number of rotatable bonds is 12. The van der Waals surface area contributed by atoms with Gasteiger partial charge < -0.3 is 19.6 Å². The van der Waals surface area contributed by atoms with Crippen LogP contribution in [0.1, 0.15) is 31.8 Å². The van der Waals surface area contributed by atoms with Crippen molar-refractivity contribution in [2.75, 3.05) is 71.6 Å². The molecule has 2 aliphatic heterocycles. The minimum absolute atomic E-state index is 0.00833. The highest BCUT2D eigenvalue weighted by Crippen LogP contribution is 2.27. The number of amides is 2. The van der Waals surface area contributed by atoms with Gasteiger partial charge in [0, 0.05) is 91.8 Å². The number of halogens is 1. The Kier molecular flexibility index (Phi) is 12.5. The molecule has 2 N–H and O–H groups in total. The van der Waals surface area contributed by atoms with Gasteiger partial charge in [-0.25, -0.2) is 21.8 Å². The second-order valence-corrected chi connectivity index (χ2v) is 18.8. The van der Waals surface area contributed by atoms with Crippen molar-refractivity contribution in [2.45, 2.75) is 16.2 Å². The number of benzene rings is 5. The van der Waals surface area contributed by atoms with Gasteiger partial charge in [-0.15, -0.1) is 0 Å². The van der Waals surface area contributed by atoms with Crippen molar-refractivity contribution in [2.24, 2.45) is 0 Å². The van der Waals surface area contributed by atoms with Gasteiger partial charge in [-0.1, -0.05) is 60.1 Å². The molecule has 16 heteroatoms. The highest BCUT2D eigenvalue weighted by atomic mass is 35.5. The molecule has 8 rings (SSSR count). The topological polar surface area (TPSA) is 152 Å². The first-order valence-corrected chi connectivity index (χ1v) is 23.4. The Labute approximate surface area is 366 Å². The van der Waals surface area contributed by atoms with Crippen LogP contribution in [0.3, 0.4) is 0 Å². The van der Waals surface area contributed by atoms with E-state index >= 15 is 0 Å². The maximum Gasteiger partial charge on any atom is 0.261 e. The molecule has 2 amide bonds. The van der Waals surface area contributed by atoms with Crippen LogP contribution in [0.15, 0.2) is 156 Å². The number of piperazine rings is 2. The summed E-state index contributed by atoms with van der Waals surface area (Å²) in [6, 6.07) is 39.4. The van der Waals surface area contributed by atoms with E-state index < -0.39 is 20.0 Å². The van der Waals surface area contributed by atoms with Crippen molar-refractivity contribution in [3.8, 4) is 0 Å². The van der Waals surface area contributed by atoms with E-state index in [9.17, 15) is 26.4 Å². The number of nitrogens with one attached hydrogen (secondary N) is 2. The lowest BCUT2D eigenvalue weighted by molar-refractivity contribution is 0.0738. The van der Waals surface area contributed by atoms with E-state index in [4.69, 9.17) is 11.6 Å². The van der Waals surface area contributed by atoms with Crippen LogP contribution in [-0.4, -0.2) is 95.8 Å². The molecule has 1 aromatic heterocycles. The van der Waals surface area contributed by atoms with Crippen LogP contribution in [-0.2, 0) is 26.5 Å². The normalized spacial score (nSPS) is 14.7. The molecule has 3 heterocycles. The average molecular weight is 890 g/mol. The van der Waals surface area contributed by atoms with Gasteiger partial charge in [0.25, 0.3) is 31.9 Å². The first-order valence-electron chi connectivity index (χ1n) is 20.1. The second-order valence-electron chi connectivity index (χ2n) is 15.0. The second kappa shape index (κ2) is 18.3. The molecule has 0 unspecified atom stereocenters. The van der Waals surface area contributed by atoms with E-state index in [1.807, 2.05) is 42.5 Å². The van der Waals surface area contributed by atoms with Crippen molar-refractivity contribution >= 4 is 66.3 Å². The smallest absolute Gasteiger partial charge is 0.261 e. The van der Waals surface area contributed by atoms with E-state index in [0.29, 0.717) is 91.9 Å². The zero-order chi connectivity index (χ0) is 43.3. The molecule has 2 saturated heterocycles. The lowest BCUT2D eigenvalue weighted by Crippen LogP contribution is -2.49. The van der Waals surface area contributed by atoms with Gasteiger partial charge in [-0.3, -0.25) is 19.0 Å². The highest BCUT2D eigenvalue weighted by Gasteiger charge is 2.28. The molecule has 62 heavy (non-hydrogen) atoms. The van der Waals surface area contributed by atoms with Gasteiger partial charge in [0.1, 0.15) is 5.82 Å². The molecule has 0 atom stereocenters. The molecule has 0 saturated carbocycles. The molecule has 13 nitrogen and oxygen atoms in total. The molecule has 2 fully saturated rings. The standard InChI is InChI=1S/C46H44ClN7O6S2/c47-37-15-17-39(18-16-37)50-62(59,60)42-21-14-35(43(33-42)46(56)54-29-25-52(26-30-54)44-11-4-5-22-48-44)31-34-12-19-40(20-13-34)51-23-27-53(28-24-51)45(55)36-7-6-10-41(32-36)61(57,58)49-38-8-2-1-3-9-38/h1-22,32-33,49-50H,23-31H2.